The van der Waals surface area contributed by atoms with Crippen molar-refractivity contribution in [2.45, 2.75) is 46.2 Å². The van der Waals surface area contributed by atoms with Crippen LogP contribution < -0.4 is 5.32 Å². The molecular formula is C14H22N4O3. The Morgan fingerprint density at radius 1 is 1.43 bits per heavy atom. The number of hydrogen-bond donors (Lipinski definition) is 2. The number of nitrogens with one attached hydrogen (secondary N) is 1. The number of nitrogens with zero attached hydrogens (tertiary/aromatic N) is 3. The maximum Gasteiger partial charge on any atom is 0.307 e. The monoisotopic (exact) mass is 294 g/mol. The smallest absolute Gasteiger partial charge is 0.307 e. The predicted molar refractivity (Wildman–Crippen MR) is 75.3 cm³/mol. The first-order valence-electron chi connectivity index (χ1n) is 7.18. The number of amides is 1. The van der Waals surface area contributed by atoms with Gasteiger partial charge in [0.25, 0.3) is 0 Å². The molecule has 0 spiro atoms. The number of aliphatic carboxylic acids is 1. The SMILES string of the molecule is CC1C(NC(=O)Cn2ccnn2)CCC(C(=O)O)C1(C)C. The minimum Gasteiger partial charge on any atom is -0.481 e. The van der Waals surface area contributed by atoms with Gasteiger partial charge in [-0.15, -0.1) is 5.10 Å². The summed E-state index contributed by atoms with van der Waals surface area (Å²) in [4.78, 5) is 23.4. The standard InChI is InChI=1S/C14H22N4O3/c1-9-11(5-4-10(13(20)21)14(9,2)3)16-12(19)8-18-7-6-15-17-18/h6-7,9-11H,4-5,8H2,1-3H3,(H,16,19)(H,20,21). The van der Waals surface area contributed by atoms with Crippen molar-refractivity contribution >= 4 is 11.9 Å². The van der Waals surface area contributed by atoms with Gasteiger partial charge in [-0.05, 0) is 24.2 Å². The first kappa shape index (κ1) is 15.5. The molecule has 21 heavy (non-hydrogen) atoms. The van der Waals surface area contributed by atoms with E-state index in [2.05, 4.69) is 15.6 Å². The molecule has 1 fully saturated rings. The molecule has 0 aromatic carbocycles. The lowest BCUT2D eigenvalue weighted by atomic mass is 9.61. The maximum absolute atomic E-state index is 12.0. The van der Waals surface area contributed by atoms with Crippen molar-refractivity contribution in [2.75, 3.05) is 0 Å². The van der Waals surface area contributed by atoms with Crippen LogP contribution in [0.1, 0.15) is 33.6 Å². The van der Waals surface area contributed by atoms with Gasteiger partial charge in [0.1, 0.15) is 6.54 Å². The van der Waals surface area contributed by atoms with Crippen molar-refractivity contribution in [1.82, 2.24) is 20.3 Å². The summed E-state index contributed by atoms with van der Waals surface area (Å²) in [6.07, 6.45) is 4.43. The number of carboxylic acid groups (broad SMARTS) is 1. The van der Waals surface area contributed by atoms with Crippen LogP contribution in [0, 0.1) is 17.3 Å². The van der Waals surface area contributed by atoms with Crippen molar-refractivity contribution in [2.24, 2.45) is 17.3 Å². The fraction of sp³-hybridized carbons (Fsp3) is 0.714. The van der Waals surface area contributed by atoms with Crippen LogP contribution in [0.4, 0.5) is 0 Å². The lowest BCUT2D eigenvalue weighted by Gasteiger charge is -2.46. The van der Waals surface area contributed by atoms with Crippen molar-refractivity contribution in [3.63, 3.8) is 0 Å². The first-order chi connectivity index (χ1) is 9.82. The third kappa shape index (κ3) is 3.22. The molecule has 3 unspecified atom stereocenters. The second-order valence-electron chi connectivity index (χ2n) is 6.35. The molecule has 1 amide bonds. The van der Waals surface area contributed by atoms with E-state index in [9.17, 15) is 14.7 Å². The van der Waals surface area contributed by atoms with Gasteiger partial charge in [-0.1, -0.05) is 26.0 Å². The molecule has 2 N–H and O–H groups in total. The van der Waals surface area contributed by atoms with E-state index in [0.717, 1.165) is 0 Å². The van der Waals surface area contributed by atoms with Gasteiger partial charge in [0.2, 0.25) is 5.91 Å². The molecule has 116 valence electrons. The molecule has 2 rings (SSSR count). The highest BCUT2D eigenvalue weighted by molar-refractivity contribution is 5.76. The molecule has 1 heterocycles. The van der Waals surface area contributed by atoms with Crippen LogP contribution in [0.3, 0.4) is 0 Å². The van der Waals surface area contributed by atoms with E-state index < -0.39 is 5.97 Å². The van der Waals surface area contributed by atoms with Gasteiger partial charge in [0, 0.05) is 12.2 Å². The molecular weight excluding hydrogens is 272 g/mol. The Balaban J connectivity index is 1.98. The lowest BCUT2D eigenvalue weighted by Crippen LogP contribution is -2.52. The molecule has 1 aromatic rings. The summed E-state index contributed by atoms with van der Waals surface area (Å²) in [6, 6.07) is -0.00776. The minimum absolute atomic E-state index is 0.00776. The van der Waals surface area contributed by atoms with Crippen molar-refractivity contribution in [3.05, 3.63) is 12.4 Å². The Bertz CT molecular complexity index is 512. The second-order valence-corrected chi connectivity index (χ2v) is 6.35. The van der Waals surface area contributed by atoms with E-state index in [1.807, 2.05) is 20.8 Å². The highest BCUT2D eigenvalue weighted by atomic mass is 16.4. The molecule has 0 aliphatic heterocycles. The molecule has 7 heteroatoms. The van der Waals surface area contributed by atoms with Gasteiger partial charge in [-0.25, -0.2) is 4.68 Å². The number of rotatable bonds is 4. The molecule has 1 aliphatic carbocycles. The third-order valence-electron chi connectivity index (χ3n) is 4.86. The van der Waals surface area contributed by atoms with Crippen LogP contribution in [0.15, 0.2) is 12.4 Å². The Morgan fingerprint density at radius 2 is 2.14 bits per heavy atom. The van der Waals surface area contributed by atoms with Gasteiger partial charge in [-0.2, -0.15) is 0 Å². The second kappa shape index (κ2) is 5.83. The third-order valence-corrected chi connectivity index (χ3v) is 4.86. The van der Waals surface area contributed by atoms with Gasteiger partial charge in [0.15, 0.2) is 0 Å². The number of carbonyl (C=O) groups excluding carboxylic acids is 1. The lowest BCUT2D eigenvalue weighted by molar-refractivity contribution is -0.150. The maximum atomic E-state index is 12.0. The number of aromatic nitrogens is 3. The van der Waals surface area contributed by atoms with E-state index in [4.69, 9.17) is 0 Å². The number of hydrogen-bond acceptors (Lipinski definition) is 4. The Morgan fingerprint density at radius 3 is 2.71 bits per heavy atom. The average molecular weight is 294 g/mol. The molecule has 0 bridgehead atoms. The zero-order chi connectivity index (χ0) is 15.6. The largest absolute Gasteiger partial charge is 0.481 e. The van der Waals surface area contributed by atoms with Crippen LogP contribution >= 0.6 is 0 Å². The predicted octanol–water partition coefficient (Wildman–Crippen LogP) is 0.920. The molecule has 0 saturated heterocycles. The fourth-order valence-corrected chi connectivity index (χ4v) is 3.16. The quantitative estimate of drug-likeness (QED) is 0.860. The zero-order valence-electron chi connectivity index (χ0n) is 12.6. The Kier molecular flexibility index (Phi) is 4.29. The van der Waals surface area contributed by atoms with E-state index in [0.29, 0.717) is 12.8 Å². The summed E-state index contributed by atoms with van der Waals surface area (Å²) in [7, 11) is 0. The van der Waals surface area contributed by atoms with E-state index in [-0.39, 0.29) is 35.7 Å². The van der Waals surface area contributed by atoms with Crippen LogP contribution in [-0.2, 0) is 16.1 Å². The first-order valence-corrected chi connectivity index (χ1v) is 7.18. The summed E-state index contributed by atoms with van der Waals surface area (Å²) in [5, 5.41) is 19.7. The van der Waals surface area contributed by atoms with Crippen LogP contribution in [-0.4, -0.2) is 38.0 Å². The topological polar surface area (TPSA) is 97.1 Å². The number of carboxylic acids is 1. The van der Waals surface area contributed by atoms with Gasteiger partial charge in [-0.3, -0.25) is 9.59 Å². The minimum atomic E-state index is -0.751. The highest BCUT2D eigenvalue weighted by Crippen LogP contribution is 2.45. The van der Waals surface area contributed by atoms with Crippen LogP contribution in [0.5, 0.6) is 0 Å². The molecule has 1 saturated carbocycles. The van der Waals surface area contributed by atoms with Crippen LogP contribution in [0.25, 0.3) is 0 Å². The Hall–Kier alpha value is -1.92. The van der Waals surface area contributed by atoms with Crippen molar-refractivity contribution in [1.29, 1.82) is 0 Å². The zero-order valence-corrected chi connectivity index (χ0v) is 12.6. The normalized spacial score (nSPS) is 28.0. The Labute approximate surface area is 123 Å². The summed E-state index contributed by atoms with van der Waals surface area (Å²) in [6.45, 7) is 6.07. The molecule has 1 aromatic heterocycles. The number of carbonyl (C=O) groups is 2. The highest BCUT2D eigenvalue weighted by Gasteiger charge is 2.46. The molecule has 7 nitrogen and oxygen atoms in total. The average Bonchev–Trinajstić information content (AvgIpc) is 2.87. The summed E-state index contributed by atoms with van der Waals surface area (Å²) in [5.74, 6) is -1.15. The summed E-state index contributed by atoms with van der Waals surface area (Å²) >= 11 is 0. The van der Waals surface area contributed by atoms with Gasteiger partial charge < -0.3 is 10.4 Å². The van der Waals surface area contributed by atoms with Crippen LogP contribution in [0.2, 0.25) is 0 Å². The summed E-state index contributed by atoms with van der Waals surface area (Å²) < 4.78 is 1.47. The van der Waals surface area contributed by atoms with E-state index in [1.54, 1.807) is 6.20 Å². The van der Waals surface area contributed by atoms with Crippen molar-refractivity contribution < 1.29 is 14.7 Å². The molecule has 1 aliphatic rings. The summed E-state index contributed by atoms with van der Waals surface area (Å²) in [5.41, 5.74) is -0.352. The molecule has 3 atom stereocenters. The van der Waals surface area contributed by atoms with Gasteiger partial charge >= 0.3 is 5.97 Å². The molecule has 0 radical (unpaired) electrons. The fourth-order valence-electron chi connectivity index (χ4n) is 3.16. The van der Waals surface area contributed by atoms with E-state index in [1.165, 1.54) is 10.9 Å². The van der Waals surface area contributed by atoms with Crippen molar-refractivity contribution in [3.8, 4) is 0 Å². The van der Waals surface area contributed by atoms with E-state index >= 15 is 0 Å². The van der Waals surface area contributed by atoms with Gasteiger partial charge in [0.05, 0.1) is 12.1 Å².